The molecule has 2 aliphatic rings. The van der Waals surface area contributed by atoms with Crippen molar-refractivity contribution in [1.29, 1.82) is 0 Å². The summed E-state index contributed by atoms with van der Waals surface area (Å²) in [6.45, 7) is 2.96. The van der Waals surface area contributed by atoms with Crippen LogP contribution >= 0.6 is 0 Å². The quantitative estimate of drug-likeness (QED) is 0.691. The molecule has 152 valence electrons. The third-order valence-electron chi connectivity index (χ3n) is 4.98. The van der Waals surface area contributed by atoms with Gasteiger partial charge in [0.15, 0.2) is 17.3 Å². The zero-order chi connectivity index (χ0) is 20.7. The number of aryl methyl sites for hydroxylation is 1. The highest BCUT2D eigenvalue weighted by molar-refractivity contribution is 6.01. The SMILES string of the molecule is Cc1ccc(-c2nc3n(n2)[C@H](CC(=O)Nc2ccc4c(c2)OCCO4)C(=O)N3)cc1. The van der Waals surface area contributed by atoms with Crippen molar-refractivity contribution in [2.45, 2.75) is 19.4 Å². The molecule has 0 fully saturated rings. The lowest BCUT2D eigenvalue weighted by Gasteiger charge is -2.19. The lowest BCUT2D eigenvalue weighted by molar-refractivity contribution is -0.123. The van der Waals surface area contributed by atoms with E-state index >= 15 is 0 Å². The molecule has 30 heavy (non-hydrogen) atoms. The van der Waals surface area contributed by atoms with Gasteiger partial charge in [-0.25, -0.2) is 4.68 Å². The van der Waals surface area contributed by atoms with Crippen LogP contribution in [0.3, 0.4) is 0 Å². The van der Waals surface area contributed by atoms with Crippen LogP contribution in [0.2, 0.25) is 0 Å². The fourth-order valence-corrected chi connectivity index (χ4v) is 3.44. The summed E-state index contributed by atoms with van der Waals surface area (Å²) in [5.41, 5.74) is 2.55. The van der Waals surface area contributed by atoms with E-state index in [4.69, 9.17) is 9.47 Å². The molecule has 1 aromatic heterocycles. The Balaban J connectivity index is 1.31. The van der Waals surface area contributed by atoms with E-state index in [1.54, 1.807) is 18.2 Å². The van der Waals surface area contributed by atoms with Crippen LogP contribution in [0.15, 0.2) is 42.5 Å². The Morgan fingerprint density at radius 1 is 1.17 bits per heavy atom. The number of benzene rings is 2. The zero-order valence-corrected chi connectivity index (χ0v) is 16.2. The summed E-state index contributed by atoms with van der Waals surface area (Å²) in [6.07, 6.45) is -0.0655. The molecule has 0 saturated carbocycles. The van der Waals surface area contributed by atoms with Crippen molar-refractivity contribution in [3.05, 3.63) is 48.0 Å². The van der Waals surface area contributed by atoms with Gasteiger partial charge in [0.05, 0.1) is 6.42 Å². The number of ether oxygens (including phenoxy) is 2. The third kappa shape index (κ3) is 3.34. The number of hydrogen-bond acceptors (Lipinski definition) is 6. The largest absolute Gasteiger partial charge is 0.486 e. The van der Waals surface area contributed by atoms with E-state index in [1.165, 1.54) is 4.68 Å². The van der Waals surface area contributed by atoms with Crippen LogP contribution in [-0.4, -0.2) is 39.8 Å². The molecule has 5 rings (SSSR count). The standard InChI is InChI=1S/C21H19N5O4/c1-12-2-4-13(5-3-12)19-23-21-24-20(28)15(26(21)25-19)11-18(27)22-14-6-7-16-17(10-14)30-9-8-29-16/h2-7,10,15H,8-9,11H2,1H3,(H,22,27)(H,23,24,25,28)/t15-/m1/s1. The Morgan fingerprint density at radius 2 is 1.93 bits per heavy atom. The number of carbonyl (C=O) groups is 2. The smallest absolute Gasteiger partial charge is 0.252 e. The summed E-state index contributed by atoms with van der Waals surface area (Å²) in [4.78, 5) is 29.3. The molecule has 0 spiro atoms. The third-order valence-corrected chi connectivity index (χ3v) is 4.98. The Morgan fingerprint density at radius 3 is 2.73 bits per heavy atom. The molecule has 3 aromatic rings. The van der Waals surface area contributed by atoms with E-state index < -0.39 is 6.04 Å². The van der Waals surface area contributed by atoms with Crippen LogP contribution in [0, 0.1) is 6.92 Å². The van der Waals surface area contributed by atoms with E-state index in [0.29, 0.717) is 42.2 Å². The van der Waals surface area contributed by atoms with Crippen molar-refractivity contribution in [1.82, 2.24) is 14.8 Å². The summed E-state index contributed by atoms with van der Waals surface area (Å²) in [7, 11) is 0. The van der Waals surface area contributed by atoms with Crippen molar-refractivity contribution in [3.63, 3.8) is 0 Å². The van der Waals surface area contributed by atoms with Crippen LogP contribution in [0.5, 0.6) is 11.5 Å². The molecule has 9 nitrogen and oxygen atoms in total. The predicted octanol–water partition coefficient (Wildman–Crippen LogP) is 2.55. The predicted molar refractivity (Wildman–Crippen MR) is 109 cm³/mol. The van der Waals surface area contributed by atoms with Crippen LogP contribution in [0.25, 0.3) is 11.4 Å². The number of hydrogen-bond donors (Lipinski definition) is 2. The van der Waals surface area contributed by atoms with E-state index in [0.717, 1.165) is 11.1 Å². The maximum Gasteiger partial charge on any atom is 0.252 e. The van der Waals surface area contributed by atoms with E-state index in [-0.39, 0.29) is 18.2 Å². The number of amides is 2. The molecule has 0 unspecified atom stereocenters. The number of rotatable bonds is 4. The zero-order valence-electron chi connectivity index (χ0n) is 16.2. The maximum atomic E-state index is 12.6. The molecule has 2 N–H and O–H groups in total. The van der Waals surface area contributed by atoms with Crippen molar-refractivity contribution < 1.29 is 19.1 Å². The van der Waals surface area contributed by atoms with Gasteiger partial charge in [-0.3, -0.25) is 14.9 Å². The lowest BCUT2D eigenvalue weighted by atomic mass is 10.1. The van der Waals surface area contributed by atoms with Gasteiger partial charge in [0, 0.05) is 17.3 Å². The van der Waals surface area contributed by atoms with Crippen LogP contribution in [0.1, 0.15) is 18.0 Å². The molecular weight excluding hydrogens is 386 g/mol. The summed E-state index contributed by atoms with van der Waals surface area (Å²) in [6, 6.07) is 12.2. The van der Waals surface area contributed by atoms with Crippen molar-refractivity contribution >= 4 is 23.5 Å². The minimum Gasteiger partial charge on any atom is -0.486 e. The highest BCUT2D eigenvalue weighted by atomic mass is 16.6. The van der Waals surface area contributed by atoms with Gasteiger partial charge in [0.1, 0.15) is 19.3 Å². The Bertz CT molecular complexity index is 1140. The molecule has 9 heteroatoms. The van der Waals surface area contributed by atoms with Gasteiger partial charge in [0.25, 0.3) is 5.91 Å². The first-order chi connectivity index (χ1) is 14.6. The van der Waals surface area contributed by atoms with Gasteiger partial charge in [-0.2, -0.15) is 4.98 Å². The second-order valence-corrected chi connectivity index (χ2v) is 7.19. The van der Waals surface area contributed by atoms with E-state index in [1.807, 2.05) is 31.2 Å². The number of nitrogens with zero attached hydrogens (tertiary/aromatic N) is 3. The Labute approximate surface area is 172 Å². The normalized spacial score (nSPS) is 16.7. The highest BCUT2D eigenvalue weighted by Gasteiger charge is 2.35. The monoisotopic (exact) mass is 405 g/mol. The number of aromatic nitrogens is 3. The first-order valence-electron chi connectivity index (χ1n) is 9.61. The van der Waals surface area contributed by atoms with E-state index in [9.17, 15) is 9.59 Å². The van der Waals surface area contributed by atoms with Crippen molar-refractivity contribution in [3.8, 4) is 22.9 Å². The fraction of sp³-hybridized carbons (Fsp3) is 0.238. The molecular formula is C21H19N5O4. The molecule has 0 radical (unpaired) electrons. The van der Waals surface area contributed by atoms with E-state index in [2.05, 4.69) is 20.7 Å². The molecule has 0 aliphatic carbocycles. The van der Waals surface area contributed by atoms with Crippen molar-refractivity contribution in [2.75, 3.05) is 23.8 Å². The maximum absolute atomic E-state index is 12.6. The van der Waals surface area contributed by atoms with Gasteiger partial charge in [-0.15, -0.1) is 5.10 Å². The second-order valence-electron chi connectivity index (χ2n) is 7.19. The Hall–Kier alpha value is -3.88. The molecule has 2 amide bonds. The van der Waals surface area contributed by atoms with Gasteiger partial charge < -0.3 is 14.8 Å². The minimum atomic E-state index is -0.760. The van der Waals surface area contributed by atoms with Crippen LogP contribution in [0.4, 0.5) is 11.6 Å². The Kier molecular flexibility index (Phi) is 4.35. The number of anilines is 2. The first-order valence-corrected chi connectivity index (χ1v) is 9.61. The summed E-state index contributed by atoms with van der Waals surface area (Å²) < 4.78 is 12.5. The minimum absolute atomic E-state index is 0.0655. The summed E-state index contributed by atoms with van der Waals surface area (Å²) >= 11 is 0. The molecule has 2 aromatic carbocycles. The lowest BCUT2D eigenvalue weighted by Crippen LogP contribution is -2.24. The topological polar surface area (TPSA) is 107 Å². The summed E-state index contributed by atoms with van der Waals surface area (Å²) in [5, 5.41) is 9.94. The van der Waals surface area contributed by atoms with Crippen molar-refractivity contribution in [2.24, 2.45) is 0 Å². The molecule has 0 bridgehead atoms. The first kappa shape index (κ1) is 18.2. The van der Waals surface area contributed by atoms with Gasteiger partial charge in [0.2, 0.25) is 11.9 Å². The molecule has 1 atom stereocenters. The number of fused-ring (bicyclic) bond motifs is 2. The van der Waals surface area contributed by atoms with Crippen LogP contribution in [-0.2, 0) is 9.59 Å². The number of carbonyl (C=O) groups excluding carboxylic acids is 2. The molecule has 3 heterocycles. The van der Waals surface area contributed by atoms with Gasteiger partial charge >= 0.3 is 0 Å². The second kappa shape index (κ2) is 7.18. The van der Waals surface area contributed by atoms with Gasteiger partial charge in [-0.1, -0.05) is 29.8 Å². The molecule has 0 saturated heterocycles. The fourth-order valence-electron chi connectivity index (χ4n) is 3.44. The number of nitrogens with one attached hydrogen (secondary N) is 2. The average molecular weight is 405 g/mol. The average Bonchev–Trinajstić information content (AvgIpc) is 3.27. The van der Waals surface area contributed by atoms with Crippen LogP contribution < -0.4 is 20.1 Å². The van der Waals surface area contributed by atoms with Gasteiger partial charge in [-0.05, 0) is 19.1 Å². The highest BCUT2D eigenvalue weighted by Crippen LogP contribution is 2.33. The summed E-state index contributed by atoms with van der Waals surface area (Å²) in [5.74, 6) is 1.45. The molecule has 2 aliphatic heterocycles.